The van der Waals surface area contributed by atoms with Crippen LogP contribution in [0.5, 0.6) is 0 Å². The van der Waals surface area contributed by atoms with E-state index in [0.29, 0.717) is 28.3 Å². The Morgan fingerprint density at radius 3 is 2.40 bits per heavy atom. The second kappa shape index (κ2) is 8.68. The number of carbonyl (C=O) groups is 1. The molecule has 3 aromatic carbocycles. The number of anilines is 1. The third-order valence-electron chi connectivity index (χ3n) is 5.37. The Labute approximate surface area is 196 Å². The van der Waals surface area contributed by atoms with Gasteiger partial charge in [0.25, 0.3) is 5.91 Å². The van der Waals surface area contributed by atoms with Crippen LogP contribution in [0.25, 0.3) is 28.2 Å². The fourth-order valence-electron chi connectivity index (χ4n) is 3.67. The summed E-state index contributed by atoms with van der Waals surface area (Å²) in [7, 11) is 0. The topological polar surface area (TPSA) is 59.3 Å². The number of carbonyl (C=O) groups excluding carboxylic acids is 1. The summed E-state index contributed by atoms with van der Waals surface area (Å²) < 4.78 is 53.9. The van der Waals surface area contributed by atoms with Crippen molar-refractivity contribution in [2.75, 3.05) is 5.32 Å². The molecule has 2 aromatic heterocycles. The molecule has 0 aliphatic rings. The van der Waals surface area contributed by atoms with Gasteiger partial charge in [-0.25, -0.2) is 13.9 Å². The molecule has 0 radical (unpaired) electrons. The molecular formula is C26H16F4N4O. The molecule has 0 atom stereocenters. The zero-order chi connectivity index (χ0) is 24.6. The Morgan fingerprint density at radius 2 is 1.63 bits per heavy atom. The minimum Gasteiger partial charge on any atom is -0.322 e. The molecule has 0 spiro atoms. The van der Waals surface area contributed by atoms with Crippen LogP contribution in [0.1, 0.15) is 15.9 Å². The maximum atomic E-state index is 13.3. The van der Waals surface area contributed by atoms with E-state index in [1.807, 2.05) is 6.07 Å². The molecule has 2 heterocycles. The van der Waals surface area contributed by atoms with Crippen molar-refractivity contribution in [3.8, 4) is 22.5 Å². The first-order chi connectivity index (χ1) is 16.8. The van der Waals surface area contributed by atoms with Crippen molar-refractivity contribution in [3.63, 3.8) is 0 Å². The minimum atomic E-state index is -4.54. The van der Waals surface area contributed by atoms with Crippen LogP contribution in [0.15, 0.2) is 91.1 Å². The summed E-state index contributed by atoms with van der Waals surface area (Å²) >= 11 is 0. The normalized spacial score (nSPS) is 11.5. The number of halogens is 4. The molecule has 0 saturated heterocycles. The van der Waals surface area contributed by atoms with Gasteiger partial charge >= 0.3 is 6.18 Å². The lowest BCUT2D eigenvalue weighted by molar-refractivity contribution is -0.137. The zero-order valence-corrected chi connectivity index (χ0v) is 17.9. The van der Waals surface area contributed by atoms with E-state index in [9.17, 15) is 22.4 Å². The van der Waals surface area contributed by atoms with Crippen LogP contribution < -0.4 is 5.32 Å². The molecule has 5 rings (SSSR count). The van der Waals surface area contributed by atoms with Gasteiger partial charge in [-0.1, -0.05) is 18.2 Å². The lowest BCUT2D eigenvalue weighted by Crippen LogP contribution is -2.14. The quantitative estimate of drug-likeness (QED) is 0.302. The van der Waals surface area contributed by atoms with Crippen LogP contribution >= 0.6 is 0 Å². The summed E-state index contributed by atoms with van der Waals surface area (Å²) in [6, 6.07) is 20.6. The Balaban J connectivity index is 1.45. The van der Waals surface area contributed by atoms with Crippen LogP contribution in [0.2, 0.25) is 0 Å². The number of hydrogen-bond donors (Lipinski definition) is 1. The van der Waals surface area contributed by atoms with Gasteiger partial charge in [0.05, 0.1) is 17.0 Å². The molecule has 0 fully saturated rings. The van der Waals surface area contributed by atoms with Crippen molar-refractivity contribution in [2.45, 2.75) is 6.18 Å². The molecule has 9 heteroatoms. The molecular weight excluding hydrogens is 460 g/mol. The number of amides is 1. The van der Waals surface area contributed by atoms with Crippen molar-refractivity contribution < 1.29 is 22.4 Å². The number of alkyl halides is 3. The molecule has 35 heavy (non-hydrogen) atoms. The van der Waals surface area contributed by atoms with E-state index in [2.05, 4.69) is 15.4 Å². The number of rotatable bonds is 4. The largest absolute Gasteiger partial charge is 0.416 e. The van der Waals surface area contributed by atoms with E-state index in [4.69, 9.17) is 0 Å². The number of aromatic nitrogens is 3. The molecule has 0 aliphatic carbocycles. The molecule has 5 aromatic rings. The smallest absolute Gasteiger partial charge is 0.322 e. The highest BCUT2D eigenvalue weighted by atomic mass is 19.4. The van der Waals surface area contributed by atoms with Crippen LogP contribution in [-0.4, -0.2) is 20.5 Å². The van der Waals surface area contributed by atoms with E-state index in [1.165, 1.54) is 24.3 Å². The lowest BCUT2D eigenvalue weighted by Gasteiger charge is -2.11. The maximum Gasteiger partial charge on any atom is 0.416 e. The molecule has 0 saturated carbocycles. The number of nitrogens with one attached hydrogen (secondary N) is 1. The number of nitrogens with zero attached hydrogens (tertiary/aromatic N) is 3. The molecule has 1 N–H and O–H groups in total. The SMILES string of the molecule is O=C(Nc1cccc(-c2ccnc3cc(-c4ccc(F)cc4)nn23)c1)c1cccc(C(F)(F)F)c1. The van der Waals surface area contributed by atoms with E-state index < -0.39 is 17.6 Å². The fourth-order valence-corrected chi connectivity index (χ4v) is 3.67. The summed E-state index contributed by atoms with van der Waals surface area (Å²) in [6.45, 7) is 0. The Morgan fingerprint density at radius 1 is 0.857 bits per heavy atom. The van der Waals surface area contributed by atoms with Crippen molar-refractivity contribution in [2.24, 2.45) is 0 Å². The number of fused-ring (bicyclic) bond motifs is 1. The molecule has 1 amide bonds. The third kappa shape index (κ3) is 4.61. The van der Waals surface area contributed by atoms with Gasteiger partial charge < -0.3 is 5.32 Å². The maximum absolute atomic E-state index is 13.3. The second-order valence-electron chi connectivity index (χ2n) is 7.75. The van der Waals surface area contributed by atoms with Gasteiger partial charge in [-0.2, -0.15) is 18.3 Å². The average Bonchev–Trinajstić information content (AvgIpc) is 3.29. The number of benzene rings is 3. The highest BCUT2D eigenvalue weighted by Gasteiger charge is 2.30. The summed E-state index contributed by atoms with van der Waals surface area (Å²) in [4.78, 5) is 16.9. The number of hydrogen-bond acceptors (Lipinski definition) is 3. The van der Waals surface area contributed by atoms with Crippen molar-refractivity contribution in [1.82, 2.24) is 14.6 Å². The summed E-state index contributed by atoms with van der Waals surface area (Å²) in [5.74, 6) is -1.01. The van der Waals surface area contributed by atoms with E-state index >= 15 is 0 Å². The Kier molecular flexibility index (Phi) is 5.52. The van der Waals surface area contributed by atoms with E-state index in [1.54, 1.807) is 53.2 Å². The van der Waals surface area contributed by atoms with Crippen LogP contribution in [-0.2, 0) is 6.18 Å². The molecule has 0 unspecified atom stereocenters. The van der Waals surface area contributed by atoms with Gasteiger partial charge in [0.2, 0.25) is 0 Å². The molecule has 174 valence electrons. The molecule has 0 bridgehead atoms. The predicted molar refractivity (Wildman–Crippen MR) is 123 cm³/mol. The summed E-state index contributed by atoms with van der Waals surface area (Å²) in [5, 5.41) is 7.24. The first-order valence-electron chi connectivity index (χ1n) is 10.5. The van der Waals surface area contributed by atoms with Crippen LogP contribution in [0, 0.1) is 5.82 Å². The van der Waals surface area contributed by atoms with Gasteiger partial charge in [0, 0.05) is 34.6 Å². The zero-order valence-electron chi connectivity index (χ0n) is 17.9. The molecule has 5 nitrogen and oxygen atoms in total. The van der Waals surface area contributed by atoms with Gasteiger partial charge in [-0.05, 0) is 60.7 Å². The summed E-state index contributed by atoms with van der Waals surface area (Å²) in [6.07, 6.45) is -2.92. The fraction of sp³-hybridized carbons (Fsp3) is 0.0385. The third-order valence-corrected chi connectivity index (χ3v) is 5.37. The van der Waals surface area contributed by atoms with Gasteiger partial charge in [0.15, 0.2) is 5.65 Å². The van der Waals surface area contributed by atoms with Gasteiger partial charge in [0.1, 0.15) is 5.82 Å². The van der Waals surface area contributed by atoms with E-state index in [-0.39, 0.29) is 11.4 Å². The van der Waals surface area contributed by atoms with Crippen LogP contribution in [0.3, 0.4) is 0 Å². The standard InChI is InChI=1S/C26H16F4N4O/c27-20-9-7-16(8-10-20)22-15-24-31-12-11-23(34(24)33-22)17-3-2-6-21(14-17)32-25(35)18-4-1-5-19(13-18)26(28,29)30/h1-15H,(H,32,35). The highest BCUT2D eigenvalue weighted by molar-refractivity contribution is 6.04. The monoisotopic (exact) mass is 476 g/mol. The van der Waals surface area contributed by atoms with Crippen molar-refractivity contribution in [3.05, 3.63) is 108 Å². The van der Waals surface area contributed by atoms with Gasteiger partial charge in [-0.3, -0.25) is 4.79 Å². The van der Waals surface area contributed by atoms with Crippen molar-refractivity contribution in [1.29, 1.82) is 0 Å². The molecule has 0 aliphatic heterocycles. The Hall–Kier alpha value is -4.53. The Bertz CT molecular complexity index is 1540. The summed E-state index contributed by atoms with van der Waals surface area (Å²) in [5.41, 5.74) is 2.69. The minimum absolute atomic E-state index is 0.104. The van der Waals surface area contributed by atoms with Crippen molar-refractivity contribution >= 4 is 17.2 Å². The highest BCUT2D eigenvalue weighted by Crippen LogP contribution is 2.30. The first kappa shape index (κ1) is 22.3. The second-order valence-corrected chi connectivity index (χ2v) is 7.75. The van der Waals surface area contributed by atoms with Gasteiger partial charge in [-0.15, -0.1) is 0 Å². The average molecular weight is 476 g/mol. The lowest BCUT2D eigenvalue weighted by atomic mass is 10.1. The first-order valence-corrected chi connectivity index (χ1v) is 10.5. The predicted octanol–water partition coefficient (Wildman–Crippen LogP) is 6.47. The van der Waals surface area contributed by atoms with Crippen LogP contribution in [0.4, 0.5) is 23.2 Å². The van der Waals surface area contributed by atoms with E-state index in [0.717, 1.165) is 17.7 Å².